The number of rotatable bonds is 3. The molecule has 0 N–H and O–H groups in total. The van der Waals surface area contributed by atoms with Gasteiger partial charge in [-0.3, -0.25) is 4.98 Å². The normalized spacial score (nSPS) is 21.1. The molecule has 0 saturated carbocycles. The molecule has 6 rings (SSSR count). The van der Waals surface area contributed by atoms with Gasteiger partial charge in [0.05, 0.1) is 12.5 Å². The van der Waals surface area contributed by atoms with Crippen molar-refractivity contribution in [3.05, 3.63) is 112 Å². The zero-order valence-electron chi connectivity index (χ0n) is 39.5. The minimum absolute atomic E-state index is 0.0685. The Kier molecular flexibility index (Phi) is 2.35. The van der Waals surface area contributed by atoms with E-state index in [1.165, 1.54) is 12.1 Å². The van der Waals surface area contributed by atoms with Gasteiger partial charge in [0.15, 0.2) is 0 Å². The molecule has 0 unspecified atom stereocenters. The maximum Gasteiger partial charge on any atom is 0.144 e. The lowest BCUT2D eigenvalue weighted by Gasteiger charge is -2.17. The van der Waals surface area contributed by atoms with Crippen LogP contribution in [0.1, 0.15) is 60.8 Å². The van der Waals surface area contributed by atoms with Gasteiger partial charge < -0.3 is 4.42 Å². The summed E-state index contributed by atoms with van der Waals surface area (Å²) in [6.07, 6.45) is 0.907. The van der Waals surface area contributed by atoms with Crippen molar-refractivity contribution in [1.29, 1.82) is 0 Å². The van der Waals surface area contributed by atoms with Crippen LogP contribution in [0.15, 0.2) is 83.3 Å². The second-order valence-electron chi connectivity index (χ2n) is 8.70. The lowest BCUT2D eigenvalue weighted by molar-refractivity contribution is 0.669. The Balaban J connectivity index is 1.75. The molecule has 2 heteroatoms. The van der Waals surface area contributed by atoms with Crippen LogP contribution >= 0.6 is 0 Å². The Labute approximate surface area is 246 Å². The molecule has 4 aromatic carbocycles. The van der Waals surface area contributed by atoms with E-state index in [2.05, 4.69) is 4.98 Å². The Morgan fingerprint density at radius 3 is 2.22 bits per heavy atom. The summed E-state index contributed by atoms with van der Waals surface area (Å²) >= 11 is 0. The predicted molar refractivity (Wildman–Crippen MR) is 156 cm³/mol. The summed E-state index contributed by atoms with van der Waals surface area (Å²) in [4.78, 5) is 4.29. The first-order valence-electron chi connectivity index (χ1n) is 21.2. The lowest BCUT2D eigenvalue weighted by Crippen LogP contribution is -1.95. The first-order chi connectivity index (χ1) is 25.9. The van der Waals surface area contributed by atoms with Crippen LogP contribution in [0, 0.1) is 41.2 Å². The van der Waals surface area contributed by atoms with Crippen LogP contribution in [0.5, 0.6) is 0 Å². The average Bonchev–Trinajstić information content (AvgIpc) is 3.47. The Morgan fingerprint density at radius 1 is 0.676 bits per heavy atom. The van der Waals surface area contributed by atoms with Gasteiger partial charge in [0.25, 0.3) is 0 Å². The molecule has 0 fully saturated rings. The highest BCUT2D eigenvalue weighted by molar-refractivity contribution is 6.09. The van der Waals surface area contributed by atoms with Gasteiger partial charge in [0.2, 0.25) is 0 Å². The molecule has 0 aliphatic heterocycles. The fourth-order valence-corrected chi connectivity index (χ4v) is 4.42. The molecule has 0 atom stereocenters. The molecule has 0 aliphatic carbocycles. The summed E-state index contributed by atoms with van der Waals surface area (Å²) in [7, 11) is 0. The molecule has 2 aromatic heterocycles. The topological polar surface area (TPSA) is 26.0 Å². The Morgan fingerprint density at radius 2 is 1.43 bits per heavy atom. The van der Waals surface area contributed by atoms with E-state index >= 15 is 0 Å². The summed E-state index contributed by atoms with van der Waals surface area (Å²) in [6.45, 7) is -13.1. The van der Waals surface area contributed by atoms with Crippen molar-refractivity contribution in [3.63, 3.8) is 0 Å². The summed E-state index contributed by atoms with van der Waals surface area (Å²) in [6, 6.07) is 5.31. The van der Waals surface area contributed by atoms with Crippen molar-refractivity contribution < 1.29 is 31.8 Å². The van der Waals surface area contributed by atoms with Crippen LogP contribution in [0.3, 0.4) is 0 Å². The number of hydrogen-bond acceptors (Lipinski definition) is 2. The standard InChI is InChI=1S/C35H31NO/c1-20-10-12-26(22(3)14-20)30-16-24(5)31(17-23(30)4)32-18-33(36-19-25(32)6)29-9-7-8-28-27-13-11-21(2)15-34(27)37-35(28)29/h7-19H,1-6H3/i2D3,3D3,4D3,5D3,6D3,7D,8D,11D,13D,15D. The second kappa shape index (κ2) is 8.74. The molecule has 2 nitrogen and oxygen atoms in total. The van der Waals surface area contributed by atoms with E-state index in [0.717, 1.165) is 30.5 Å². The Hall–Kier alpha value is -4.17. The number of para-hydroxylation sites is 1. The number of fused-ring (bicyclic) bond motifs is 3. The summed E-state index contributed by atoms with van der Waals surface area (Å²) in [5.41, 5.74) is -4.02. The molecule has 0 saturated heterocycles. The minimum Gasteiger partial charge on any atom is -0.455 e. The number of hydrogen-bond donors (Lipinski definition) is 0. The third kappa shape index (κ3) is 3.94. The molecule has 182 valence electrons. The van der Waals surface area contributed by atoms with Crippen molar-refractivity contribution in [2.24, 2.45) is 0 Å². The van der Waals surface area contributed by atoms with Crippen LogP contribution in [0.4, 0.5) is 0 Å². The molecular weight excluding hydrogens is 450 g/mol. The number of pyridine rings is 1. The molecule has 6 aromatic rings. The zero-order chi connectivity index (χ0) is 42.7. The SMILES string of the molecule is [2H]c1cc(-c2cc(-c3cc(C([2H])([2H])[2H])c(-c4ccc(C)cc4C([2H])([2H])[2H])cc3C([2H])([2H])[2H])c(C([2H])([2H])[2H])cn2)c2oc3c([2H])c(C([2H])([2H])[2H])c([2H])c([2H])c3c2c1[2H]. The van der Waals surface area contributed by atoms with Gasteiger partial charge in [-0.25, -0.2) is 0 Å². The lowest BCUT2D eigenvalue weighted by atomic mass is 9.88. The van der Waals surface area contributed by atoms with E-state index in [-0.39, 0.29) is 55.4 Å². The molecule has 0 radical (unpaired) electrons. The fourth-order valence-electron chi connectivity index (χ4n) is 4.42. The number of aromatic nitrogens is 1. The van der Waals surface area contributed by atoms with Gasteiger partial charge in [-0.1, -0.05) is 60.1 Å². The quantitative estimate of drug-likeness (QED) is 0.241. The van der Waals surface area contributed by atoms with E-state index in [4.69, 9.17) is 31.8 Å². The molecule has 37 heavy (non-hydrogen) atoms. The van der Waals surface area contributed by atoms with Crippen molar-refractivity contribution in [3.8, 4) is 33.5 Å². The van der Waals surface area contributed by atoms with Gasteiger partial charge in [0, 0.05) is 43.1 Å². The highest BCUT2D eigenvalue weighted by Gasteiger charge is 2.16. The van der Waals surface area contributed by atoms with Crippen LogP contribution in [-0.4, -0.2) is 4.98 Å². The fraction of sp³-hybridized carbons (Fsp3) is 0.171. The zero-order valence-corrected chi connectivity index (χ0v) is 19.5. The summed E-state index contributed by atoms with van der Waals surface area (Å²) < 4.78 is 173. The van der Waals surface area contributed by atoms with Gasteiger partial charge >= 0.3 is 0 Å². The molecule has 0 amide bonds. The van der Waals surface area contributed by atoms with E-state index in [1.54, 1.807) is 13.0 Å². The summed E-state index contributed by atoms with van der Waals surface area (Å²) in [5, 5.41) is -0.525. The molecule has 2 heterocycles. The maximum atomic E-state index is 8.68. The Bertz CT molecular complexity index is 2620. The van der Waals surface area contributed by atoms with Gasteiger partial charge in [0.1, 0.15) is 11.2 Å². The van der Waals surface area contributed by atoms with Crippen LogP contribution in [0.2, 0.25) is 0 Å². The van der Waals surface area contributed by atoms with Crippen molar-refractivity contribution in [1.82, 2.24) is 4.98 Å². The smallest absolute Gasteiger partial charge is 0.144 e. The number of furan rings is 1. The molecular formula is C35H31NO. The van der Waals surface area contributed by atoms with Crippen LogP contribution in [-0.2, 0) is 0 Å². The molecule has 0 bridgehead atoms. The van der Waals surface area contributed by atoms with Crippen molar-refractivity contribution in [2.45, 2.75) is 41.2 Å². The minimum atomic E-state index is -3.05. The number of aryl methyl sites for hydroxylation is 5. The van der Waals surface area contributed by atoms with E-state index in [9.17, 15) is 0 Å². The van der Waals surface area contributed by atoms with E-state index in [1.807, 2.05) is 0 Å². The average molecular weight is 502 g/mol. The first-order valence-corrected chi connectivity index (χ1v) is 11.2. The van der Waals surface area contributed by atoms with E-state index < -0.39 is 92.3 Å². The van der Waals surface area contributed by atoms with Crippen LogP contribution in [0.25, 0.3) is 55.4 Å². The second-order valence-corrected chi connectivity index (χ2v) is 8.70. The van der Waals surface area contributed by atoms with E-state index in [0.29, 0.717) is 5.56 Å². The van der Waals surface area contributed by atoms with Gasteiger partial charge in [-0.05, 0) is 109 Å². The van der Waals surface area contributed by atoms with Gasteiger partial charge in [-0.15, -0.1) is 0 Å². The molecule has 0 spiro atoms. The largest absolute Gasteiger partial charge is 0.455 e. The van der Waals surface area contributed by atoms with Crippen molar-refractivity contribution in [2.75, 3.05) is 0 Å². The third-order valence-electron chi connectivity index (χ3n) is 6.21. The highest BCUT2D eigenvalue weighted by Crippen LogP contribution is 2.39. The maximum absolute atomic E-state index is 8.68. The predicted octanol–water partition coefficient (Wildman–Crippen LogP) is 9.83. The number of nitrogens with zero attached hydrogens (tertiary/aromatic N) is 1. The highest BCUT2D eigenvalue weighted by atomic mass is 16.3. The first kappa shape index (κ1) is 9.95. The van der Waals surface area contributed by atoms with Crippen molar-refractivity contribution >= 4 is 21.9 Å². The summed E-state index contributed by atoms with van der Waals surface area (Å²) in [5.74, 6) is 0. The van der Waals surface area contributed by atoms with Crippen LogP contribution < -0.4 is 0 Å². The van der Waals surface area contributed by atoms with Gasteiger partial charge in [-0.2, -0.15) is 0 Å². The monoisotopic (exact) mass is 501 g/mol. The molecule has 0 aliphatic rings. The number of benzene rings is 4. The third-order valence-corrected chi connectivity index (χ3v) is 6.21.